The van der Waals surface area contributed by atoms with Crippen molar-refractivity contribution in [2.75, 3.05) is 30.8 Å². The molecule has 0 bridgehead atoms. The van der Waals surface area contributed by atoms with Gasteiger partial charge in [-0.1, -0.05) is 55.6 Å². The van der Waals surface area contributed by atoms with Crippen LogP contribution in [0.3, 0.4) is 0 Å². The highest BCUT2D eigenvalue weighted by atomic mass is 35.5. The zero-order chi connectivity index (χ0) is 28.3. The monoisotopic (exact) mass is 585 g/mol. The van der Waals surface area contributed by atoms with Crippen molar-refractivity contribution in [2.45, 2.75) is 58.5 Å². The quantitative estimate of drug-likeness (QED) is 0.287. The van der Waals surface area contributed by atoms with Crippen molar-refractivity contribution in [1.82, 2.24) is 10.2 Å². The van der Waals surface area contributed by atoms with Crippen LogP contribution in [0, 0.1) is 0 Å². The predicted molar refractivity (Wildman–Crippen MR) is 153 cm³/mol. The second-order valence-electron chi connectivity index (χ2n) is 8.97. The summed E-state index contributed by atoms with van der Waals surface area (Å²) in [5.41, 5.74) is 1.10. The van der Waals surface area contributed by atoms with Crippen LogP contribution in [0.1, 0.15) is 51.5 Å². The van der Waals surface area contributed by atoms with Gasteiger partial charge in [-0.3, -0.25) is 13.9 Å². The molecule has 0 aliphatic heterocycles. The summed E-state index contributed by atoms with van der Waals surface area (Å²) in [5, 5.41) is 3.52. The lowest BCUT2D eigenvalue weighted by atomic mass is 10.1. The van der Waals surface area contributed by atoms with E-state index in [4.69, 9.17) is 27.9 Å². The zero-order valence-electron chi connectivity index (χ0n) is 22.4. The molecule has 2 aromatic carbocycles. The van der Waals surface area contributed by atoms with Crippen LogP contribution in [0.2, 0.25) is 10.0 Å². The van der Waals surface area contributed by atoms with Gasteiger partial charge in [0.15, 0.2) is 0 Å². The van der Waals surface area contributed by atoms with Crippen LogP contribution in [0.15, 0.2) is 42.5 Å². The molecule has 0 spiro atoms. The van der Waals surface area contributed by atoms with Gasteiger partial charge in [0.05, 0.1) is 24.1 Å². The topological polar surface area (TPSA) is 96.0 Å². The number of amides is 2. The Balaban J connectivity index is 2.23. The van der Waals surface area contributed by atoms with E-state index in [9.17, 15) is 18.0 Å². The van der Waals surface area contributed by atoms with Crippen molar-refractivity contribution in [3.8, 4) is 5.75 Å². The summed E-state index contributed by atoms with van der Waals surface area (Å²) in [6, 6.07) is 11.2. The molecule has 11 heteroatoms. The SMILES string of the molecule is CCCCNC(=O)[C@H](CC)N(Cc1ccc(OC)cc1)C(=O)CCCN(c1cc(Cl)ccc1Cl)S(C)(=O)=O. The number of ether oxygens (including phenoxy) is 1. The lowest BCUT2D eigenvalue weighted by Gasteiger charge is -2.31. The van der Waals surface area contributed by atoms with Crippen LogP contribution in [0.25, 0.3) is 0 Å². The molecule has 0 unspecified atom stereocenters. The maximum absolute atomic E-state index is 13.5. The first kappa shape index (κ1) is 31.7. The number of hydrogen-bond acceptors (Lipinski definition) is 5. The standard InChI is InChI=1S/C27H37Cl2N3O5S/c1-5-7-16-30-27(34)24(6-2)31(19-20-10-13-22(37-3)14-11-20)26(33)9-8-17-32(38(4,35)36)25-18-21(28)12-15-23(25)29/h10-15,18,24H,5-9,16-17,19H2,1-4H3,(H,30,34)/t24-/m0/s1. The molecular formula is C27H37Cl2N3O5S. The van der Waals surface area contributed by atoms with E-state index in [2.05, 4.69) is 5.32 Å². The first-order valence-electron chi connectivity index (χ1n) is 12.6. The Morgan fingerprint density at radius 3 is 2.32 bits per heavy atom. The largest absolute Gasteiger partial charge is 0.497 e. The van der Waals surface area contributed by atoms with Crippen molar-refractivity contribution in [2.24, 2.45) is 0 Å². The molecule has 1 atom stereocenters. The van der Waals surface area contributed by atoms with E-state index in [1.54, 1.807) is 30.2 Å². The summed E-state index contributed by atoms with van der Waals surface area (Å²) in [6.07, 6.45) is 3.57. The molecule has 0 saturated carbocycles. The Hall–Kier alpha value is -2.49. The van der Waals surface area contributed by atoms with E-state index < -0.39 is 16.1 Å². The number of nitrogens with one attached hydrogen (secondary N) is 1. The van der Waals surface area contributed by atoms with E-state index in [0.717, 1.165) is 29.0 Å². The number of nitrogens with zero attached hydrogens (tertiary/aromatic N) is 2. The van der Waals surface area contributed by atoms with Gasteiger partial charge in [-0.05, 0) is 55.2 Å². The van der Waals surface area contributed by atoms with Gasteiger partial charge in [0.2, 0.25) is 21.8 Å². The van der Waals surface area contributed by atoms with Gasteiger partial charge in [-0.2, -0.15) is 0 Å². The summed E-state index contributed by atoms with van der Waals surface area (Å²) in [5.74, 6) is 0.242. The third-order valence-electron chi connectivity index (χ3n) is 6.06. The summed E-state index contributed by atoms with van der Waals surface area (Å²) in [6.45, 7) is 4.71. The molecule has 0 fully saturated rings. The number of benzene rings is 2. The molecule has 0 saturated heterocycles. The minimum absolute atomic E-state index is 0.0283. The van der Waals surface area contributed by atoms with Crippen molar-refractivity contribution in [3.63, 3.8) is 0 Å². The first-order valence-corrected chi connectivity index (χ1v) is 15.2. The van der Waals surface area contributed by atoms with Crippen molar-refractivity contribution in [1.29, 1.82) is 0 Å². The molecule has 0 aliphatic carbocycles. The average molecular weight is 587 g/mol. The van der Waals surface area contributed by atoms with E-state index in [1.807, 2.05) is 26.0 Å². The Labute approximate surface area is 236 Å². The number of carbonyl (C=O) groups excluding carboxylic acids is 2. The summed E-state index contributed by atoms with van der Waals surface area (Å²) in [7, 11) is -2.11. The molecule has 0 radical (unpaired) electrons. The zero-order valence-corrected chi connectivity index (χ0v) is 24.7. The van der Waals surface area contributed by atoms with Gasteiger partial charge >= 0.3 is 0 Å². The number of unbranched alkanes of at least 4 members (excludes halogenated alkanes) is 1. The second kappa shape index (κ2) is 15.2. The molecule has 8 nitrogen and oxygen atoms in total. The van der Waals surface area contributed by atoms with Gasteiger partial charge in [0.25, 0.3) is 0 Å². The fourth-order valence-electron chi connectivity index (χ4n) is 4.01. The fraction of sp³-hybridized carbons (Fsp3) is 0.481. The minimum Gasteiger partial charge on any atom is -0.497 e. The van der Waals surface area contributed by atoms with Gasteiger partial charge in [0.1, 0.15) is 11.8 Å². The number of carbonyl (C=O) groups is 2. The van der Waals surface area contributed by atoms with Crippen molar-refractivity contribution < 1.29 is 22.7 Å². The van der Waals surface area contributed by atoms with Crippen LogP contribution in [0.5, 0.6) is 5.75 Å². The second-order valence-corrected chi connectivity index (χ2v) is 11.7. The normalized spacial score (nSPS) is 12.1. The number of halogens is 2. The molecule has 2 rings (SSSR count). The van der Waals surface area contributed by atoms with Crippen LogP contribution in [-0.4, -0.2) is 57.6 Å². The first-order chi connectivity index (χ1) is 18.0. The molecule has 0 heterocycles. The number of sulfonamides is 1. The summed E-state index contributed by atoms with van der Waals surface area (Å²) in [4.78, 5) is 28.1. The lowest BCUT2D eigenvalue weighted by molar-refractivity contribution is -0.141. The highest BCUT2D eigenvalue weighted by molar-refractivity contribution is 7.92. The number of anilines is 1. The number of rotatable bonds is 15. The maximum Gasteiger partial charge on any atom is 0.242 e. The highest BCUT2D eigenvalue weighted by Crippen LogP contribution is 2.31. The minimum atomic E-state index is -3.69. The van der Waals surface area contributed by atoms with Crippen LogP contribution >= 0.6 is 23.2 Å². The smallest absolute Gasteiger partial charge is 0.242 e. The van der Waals surface area contributed by atoms with E-state index >= 15 is 0 Å². The predicted octanol–water partition coefficient (Wildman–Crippen LogP) is 5.27. The van der Waals surface area contributed by atoms with Gasteiger partial charge in [-0.25, -0.2) is 8.42 Å². The molecule has 1 N–H and O–H groups in total. The molecule has 2 aromatic rings. The average Bonchev–Trinajstić information content (AvgIpc) is 2.87. The Morgan fingerprint density at radius 2 is 1.74 bits per heavy atom. The third-order valence-corrected chi connectivity index (χ3v) is 7.79. The Morgan fingerprint density at radius 1 is 1.05 bits per heavy atom. The highest BCUT2D eigenvalue weighted by Gasteiger charge is 2.29. The van der Waals surface area contributed by atoms with Crippen LogP contribution in [-0.2, 0) is 26.2 Å². The van der Waals surface area contributed by atoms with E-state index in [-0.39, 0.29) is 48.5 Å². The molecule has 38 heavy (non-hydrogen) atoms. The lowest BCUT2D eigenvalue weighted by Crippen LogP contribution is -2.49. The van der Waals surface area contributed by atoms with E-state index in [0.29, 0.717) is 23.7 Å². The van der Waals surface area contributed by atoms with Crippen molar-refractivity contribution >= 4 is 50.7 Å². The summed E-state index contributed by atoms with van der Waals surface area (Å²) < 4.78 is 31.4. The maximum atomic E-state index is 13.5. The third kappa shape index (κ3) is 9.36. The number of methoxy groups -OCH3 is 1. The number of hydrogen-bond donors (Lipinski definition) is 1. The molecule has 210 valence electrons. The Kier molecular flexibility index (Phi) is 12.7. The van der Waals surface area contributed by atoms with E-state index in [1.165, 1.54) is 12.1 Å². The fourth-order valence-corrected chi connectivity index (χ4v) is 5.42. The molecule has 0 aliphatic rings. The Bertz CT molecular complexity index is 1180. The molecule has 0 aromatic heterocycles. The van der Waals surface area contributed by atoms with Gasteiger partial charge in [-0.15, -0.1) is 0 Å². The van der Waals surface area contributed by atoms with Crippen molar-refractivity contribution in [3.05, 3.63) is 58.1 Å². The van der Waals surface area contributed by atoms with Gasteiger partial charge < -0.3 is 15.0 Å². The molecule has 2 amide bonds. The summed E-state index contributed by atoms with van der Waals surface area (Å²) >= 11 is 12.3. The molecular weight excluding hydrogens is 549 g/mol. The van der Waals surface area contributed by atoms with Gasteiger partial charge in [0, 0.05) is 31.1 Å². The van der Waals surface area contributed by atoms with Crippen LogP contribution in [0.4, 0.5) is 5.69 Å². The van der Waals surface area contributed by atoms with Crippen LogP contribution < -0.4 is 14.4 Å².